The first kappa shape index (κ1) is 9.99. The molecule has 0 aromatic heterocycles. The number of hydrogen-bond donors (Lipinski definition) is 2. The second-order valence-corrected chi connectivity index (χ2v) is 4.84. The monoisotopic (exact) mass is 254 g/mol. The predicted molar refractivity (Wildman–Crippen MR) is 63.4 cm³/mol. The van der Waals surface area contributed by atoms with Gasteiger partial charge in [0.1, 0.15) is 0 Å². The highest BCUT2D eigenvalue weighted by Crippen LogP contribution is 2.23. The van der Waals surface area contributed by atoms with Crippen molar-refractivity contribution in [3.63, 3.8) is 0 Å². The number of rotatable bonds is 2. The summed E-state index contributed by atoms with van der Waals surface area (Å²) < 4.78 is 1.12. The van der Waals surface area contributed by atoms with Crippen LogP contribution in [0.5, 0.6) is 0 Å². The van der Waals surface area contributed by atoms with Crippen LogP contribution in [-0.4, -0.2) is 12.1 Å². The van der Waals surface area contributed by atoms with Gasteiger partial charge in [0, 0.05) is 22.2 Å². The van der Waals surface area contributed by atoms with E-state index in [1.165, 1.54) is 12.1 Å². The van der Waals surface area contributed by atoms with Gasteiger partial charge in [0.15, 0.2) is 0 Å². The molecule has 76 valence electrons. The van der Waals surface area contributed by atoms with Gasteiger partial charge in [0.25, 0.3) is 0 Å². The number of hydrogen-bond acceptors (Lipinski definition) is 2. The number of nitrogens with one attached hydrogen (secondary N) is 1. The molecule has 1 saturated carbocycles. The van der Waals surface area contributed by atoms with Crippen molar-refractivity contribution in [3.8, 4) is 0 Å². The largest absolute Gasteiger partial charge is 0.382 e. The van der Waals surface area contributed by atoms with Gasteiger partial charge in [-0.25, -0.2) is 0 Å². The molecule has 3 N–H and O–H groups in total. The Bertz CT molecular complexity index is 314. The molecule has 1 aliphatic carbocycles. The van der Waals surface area contributed by atoms with Crippen LogP contribution in [0.25, 0.3) is 0 Å². The van der Waals surface area contributed by atoms with Gasteiger partial charge in [0.2, 0.25) is 0 Å². The summed E-state index contributed by atoms with van der Waals surface area (Å²) in [6, 6.07) is 9.21. The molecular weight excluding hydrogens is 240 g/mol. The number of anilines is 1. The summed E-state index contributed by atoms with van der Waals surface area (Å²) in [5.74, 6) is 0. The average Bonchev–Trinajstić information content (AvgIpc) is 2.51. The van der Waals surface area contributed by atoms with E-state index >= 15 is 0 Å². The summed E-state index contributed by atoms with van der Waals surface area (Å²) in [5.41, 5.74) is 7.04. The lowest BCUT2D eigenvalue weighted by Gasteiger charge is -2.13. The quantitative estimate of drug-likeness (QED) is 0.852. The summed E-state index contributed by atoms with van der Waals surface area (Å²) in [6.07, 6.45) is 3.42. The molecule has 1 aliphatic rings. The fourth-order valence-electron chi connectivity index (χ4n) is 1.96. The van der Waals surface area contributed by atoms with E-state index in [-0.39, 0.29) is 0 Å². The first-order valence-corrected chi connectivity index (χ1v) is 5.81. The van der Waals surface area contributed by atoms with Crippen molar-refractivity contribution in [2.75, 3.05) is 5.32 Å². The highest BCUT2D eigenvalue weighted by Gasteiger charge is 2.21. The van der Waals surface area contributed by atoms with E-state index < -0.39 is 0 Å². The maximum absolute atomic E-state index is 5.86. The molecule has 14 heavy (non-hydrogen) atoms. The van der Waals surface area contributed by atoms with E-state index in [2.05, 4.69) is 33.4 Å². The van der Waals surface area contributed by atoms with Crippen LogP contribution in [0.1, 0.15) is 19.3 Å². The highest BCUT2D eigenvalue weighted by atomic mass is 79.9. The van der Waals surface area contributed by atoms with Crippen LogP contribution < -0.4 is 11.1 Å². The minimum Gasteiger partial charge on any atom is -0.382 e. The fraction of sp³-hybridized carbons (Fsp3) is 0.455. The van der Waals surface area contributed by atoms with E-state index in [1.807, 2.05) is 12.1 Å². The maximum atomic E-state index is 5.86. The molecule has 2 rings (SSSR count). The van der Waals surface area contributed by atoms with Crippen LogP contribution in [0.3, 0.4) is 0 Å². The predicted octanol–water partition coefficient (Wildman–Crippen LogP) is 2.74. The van der Waals surface area contributed by atoms with E-state index in [0.29, 0.717) is 12.1 Å². The Balaban J connectivity index is 1.97. The van der Waals surface area contributed by atoms with Gasteiger partial charge < -0.3 is 11.1 Å². The molecule has 1 aromatic rings. The lowest BCUT2D eigenvalue weighted by atomic mass is 10.2. The van der Waals surface area contributed by atoms with Gasteiger partial charge in [0.05, 0.1) is 0 Å². The molecule has 1 aromatic carbocycles. The average molecular weight is 255 g/mol. The molecule has 0 spiro atoms. The second kappa shape index (κ2) is 4.32. The van der Waals surface area contributed by atoms with Crippen molar-refractivity contribution in [2.45, 2.75) is 31.3 Å². The molecular formula is C11H15BrN2. The molecule has 2 atom stereocenters. The SMILES string of the molecule is NC1CCC(Nc2cccc(Br)c2)C1. The molecule has 1 fully saturated rings. The number of nitrogens with two attached hydrogens (primary N) is 1. The van der Waals surface area contributed by atoms with Crippen molar-refractivity contribution in [1.82, 2.24) is 0 Å². The Morgan fingerprint density at radius 2 is 2.21 bits per heavy atom. The zero-order chi connectivity index (χ0) is 9.97. The van der Waals surface area contributed by atoms with Crippen LogP contribution >= 0.6 is 15.9 Å². The van der Waals surface area contributed by atoms with Crippen molar-refractivity contribution in [1.29, 1.82) is 0 Å². The van der Waals surface area contributed by atoms with Gasteiger partial charge in [-0.05, 0) is 37.5 Å². The van der Waals surface area contributed by atoms with Gasteiger partial charge in [-0.1, -0.05) is 22.0 Å². The van der Waals surface area contributed by atoms with E-state index in [9.17, 15) is 0 Å². The lowest BCUT2D eigenvalue weighted by molar-refractivity contribution is 0.688. The third-order valence-corrected chi connectivity index (χ3v) is 3.16. The highest BCUT2D eigenvalue weighted by molar-refractivity contribution is 9.10. The van der Waals surface area contributed by atoms with Gasteiger partial charge in [-0.15, -0.1) is 0 Å². The molecule has 2 nitrogen and oxygen atoms in total. The third-order valence-electron chi connectivity index (χ3n) is 2.67. The zero-order valence-corrected chi connectivity index (χ0v) is 9.63. The zero-order valence-electron chi connectivity index (χ0n) is 8.04. The molecule has 3 heteroatoms. The Kier molecular flexibility index (Phi) is 3.08. The second-order valence-electron chi connectivity index (χ2n) is 3.92. The van der Waals surface area contributed by atoms with Gasteiger partial charge in [-0.3, -0.25) is 0 Å². The molecule has 0 saturated heterocycles. The Morgan fingerprint density at radius 1 is 1.36 bits per heavy atom. The van der Waals surface area contributed by atoms with Crippen molar-refractivity contribution in [3.05, 3.63) is 28.7 Å². The minimum absolute atomic E-state index is 0.389. The lowest BCUT2D eigenvalue weighted by Crippen LogP contribution is -2.20. The van der Waals surface area contributed by atoms with Crippen LogP contribution in [-0.2, 0) is 0 Å². The first-order valence-electron chi connectivity index (χ1n) is 5.02. The van der Waals surface area contributed by atoms with Crippen molar-refractivity contribution >= 4 is 21.6 Å². The molecule has 0 bridgehead atoms. The Labute approximate surface area is 93.0 Å². The van der Waals surface area contributed by atoms with E-state index in [1.54, 1.807) is 0 Å². The minimum atomic E-state index is 0.389. The Morgan fingerprint density at radius 3 is 2.86 bits per heavy atom. The van der Waals surface area contributed by atoms with Crippen LogP contribution in [0.4, 0.5) is 5.69 Å². The fourth-order valence-corrected chi connectivity index (χ4v) is 2.36. The van der Waals surface area contributed by atoms with Crippen molar-refractivity contribution in [2.24, 2.45) is 5.73 Å². The molecule has 0 aliphatic heterocycles. The van der Waals surface area contributed by atoms with Crippen LogP contribution in [0, 0.1) is 0 Å². The smallest absolute Gasteiger partial charge is 0.0353 e. The van der Waals surface area contributed by atoms with E-state index in [0.717, 1.165) is 17.3 Å². The van der Waals surface area contributed by atoms with Crippen LogP contribution in [0.2, 0.25) is 0 Å². The maximum Gasteiger partial charge on any atom is 0.0353 e. The molecule has 0 radical (unpaired) electrons. The van der Waals surface area contributed by atoms with Crippen LogP contribution in [0.15, 0.2) is 28.7 Å². The van der Waals surface area contributed by atoms with E-state index in [4.69, 9.17) is 5.73 Å². The normalized spacial score (nSPS) is 26.4. The van der Waals surface area contributed by atoms with Gasteiger partial charge >= 0.3 is 0 Å². The summed E-state index contributed by atoms with van der Waals surface area (Å²) in [5, 5.41) is 3.50. The topological polar surface area (TPSA) is 38.0 Å². The standard InChI is InChI=1S/C11H15BrN2/c12-8-2-1-3-10(6-8)14-11-5-4-9(13)7-11/h1-3,6,9,11,14H,4-5,7,13H2. The molecule has 0 heterocycles. The summed E-state index contributed by atoms with van der Waals surface area (Å²) in [4.78, 5) is 0. The van der Waals surface area contributed by atoms with Gasteiger partial charge in [-0.2, -0.15) is 0 Å². The molecule has 0 amide bonds. The Hall–Kier alpha value is -0.540. The first-order chi connectivity index (χ1) is 6.74. The third kappa shape index (κ3) is 2.49. The summed E-state index contributed by atoms with van der Waals surface area (Å²) in [6.45, 7) is 0. The molecule has 2 unspecified atom stereocenters. The summed E-state index contributed by atoms with van der Waals surface area (Å²) >= 11 is 3.46. The number of benzene rings is 1. The summed E-state index contributed by atoms with van der Waals surface area (Å²) in [7, 11) is 0. The van der Waals surface area contributed by atoms with Crippen molar-refractivity contribution < 1.29 is 0 Å². The number of halogens is 1.